The Bertz CT molecular complexity index is 464. The molecular weight excluding hydrogens is 304 g/mol. The molecule has 0 saturated heterocycles. The van der Waals surface area contributed by atoms with E-state index >= 15 is 0 Å². The maximum atomic E-state index is 4.54. The molecule has 0 bridgehead atoms. The molecule has 0 saturated carbocycles. The molecule has 1 unspecified atom stereocenters. The van der Waals surface area contributed by atoms with Gasteiger partial charge in [-0.3, -0.25) is 0 Å². The largest absolute Gasteiger partial charge is 0.311 e. The summed E-state index contributed by atoms with van der Waals surface area (Å²) in [7, 11) is 1.99. The minimum Gasteiger partial charge on any atom is -0.311 e. The van der Waals surface area contributed by atoms with Crippen LogP contribution in [0.15, 0.2) is 21.3 Å². The summed E-state index contributed by atoms with van der Waals surface area (Å²) in [5, 5.41) is 8.70. The summed E-state index contributed by atoms with van der Waals surface area (Å²) >= 11 is 7.06. The third-order valence-electron chi connectivity index (χ3n) is 2.42. The maximum absolute atomic E-state index is 4.54. The third-order valence-corrected chi connectivity index (χ3v) is 5.16. The molecule has 0 fully saturated rings. The van der Waals surface area contributed by atoms with Gasteiger partial charge in [-0.05, 0) is 41.3 Å². The van der Waals surface area contributed by atoms with Gasteiger partial charge in [-0.1, -0.05) is 0 Å². The molecule has 2 aromatic rings. The monoisotopic (exact) mass is 316 g/mol. The smallest absolute Gasteiger partial charge is 0.0898 e. The zero-order valence-corrected chi connectivity index (χ0v) is 12.4. The van der Waals surface area contributed by atoms with Crippen molar-refractivity contribution in [2.24, 2.45) is 0 Å². The van der Waals surface area contributed by atoms with Crippen LogP contribution in [-0.4, -0.2) is 12.0 Å². The Labute approximate surface area is 112 Å². The number of hydrogen-bond acceptors (Lipinski definition) is 4. The van der Waals surface area contributed by atoms with Crippen molar-refractivity contribution in [3.05, 3.63) is 36.9 Å². The van der Waals surface area contributed by atoms with Crippen LogP contribution in [0.1, 0.15) is 21.6 Å². The van der Waals surface area contributed by atoms with E-state index in [-0.39, 0.29) is 0 Å². The standard InChI is InChI=1S/C11H13BrN2S2/c1-7-14-10(6-16-7)9(13-2)5-11-8(12)3-4-15-11/h3-4,6,9,13H,5H2,1-2H3. The minimum absolute atomic E-state index is 0.305. The Hall–Kier alpha value is -0.230. The van der Waals surface area contributed by atoms with Crippen molar-refractivity contribution in [3.8, 4) is 0 Å². The van der Waals surface area contributed by atoms with Gasteiger partial charge in [0.05, 0.1) is 16.7 Å². The lowest BCUT2D eigenvalue weighted by Crippen LogP contribution is -2.18. The molecule has 0 radical (unpaired) electrons. The molecule has 0 aliphatic rings. The van der Waals surface area contributed by atoms with Crippen LogP contribution in [0.4, 0.5) is 0 Å². The van der Waals surface area contributed by atoms with Gasteiger partial charge in [-0.15, -0.1) is 22.7 Å². The molecule has 1 N–H and O–H groups in total. The van der Waals surface area contributed by atoms with Crippen molar-refractivity contribution in [3.63, 3.8) is 0 Å². The minimum atomic E-state index is 0.305. The molecule has 86 valence electrons. The summed E-state index contributed by atoms with van der Waals surface area (Å²) < 4.78 is 1.20. The van der Waals surface area contributed by atoms with E-state index in [1.807, 2.05) is 14.0 Å². The van der Waals surface area contributed by atoms with Gasteiger partial charge in [-0.2, -0.15) is 0 Å². The molecule has 1 atom stereocenters. The summed E-state index contributed by atoms with van der Waals surface area (Å²) in [5.41, 5.74) is 1.14. The van der Waals surface area contributed by atoms with E-state index < -0.39 is 0 Å². The highest BCUT2D eigenvalue weighted by Crippen LogP contribution is 2.28. The number of hydrogen-bond donors (Lipinski definition) is 1. The van der Waals surface area contributed by atoms with Crippen molar-refractivity contribution in [1.82, 2.24) is 10.3 Å². The molecule has 0 amide bonds. The summed E-state index contributed by atoms with van der Waals surface area (Å²) in [6.45, 7) is 2.04. The van der Waals surface area contributed by atoms with Gasteiger partial charge in [0, 0.05) is 21.2 Å². The number of thiazole rings is 1. The normalized spacial score (nSPS) is 12.9. The second-order valence-corrected chi connectivity index (χ2v) is 6.45. The van der Waals surface area contributed by atoms with Crippen LogP contribution in [0.25, 0.3) is 0 Å². The number of aryl methyl sites for hydroxylation is 1. The van der Waals surface area contributed by atoms with Crippen molar-refractivity contribution >= 4 is 38.6 Å². The fourth-order valence-corrected chi connectivity index (χ4v) is 3.78. The predicted octanol–water partition coefficient (Wildman–Crippen LogP) is 3.78. The predicted molar refractivity (Wildman–Crippen MR) is 74.4 cm³/mol. The summed E-state index contributed by atoms with van der Waals surface area (Å²) in [4.78, 5) is 5.90. The van der Waals surface area contributed by atoms with Crippen LogP contribution >= 0.6 is 38.6 Å². The fourth-order valence-electron chi connectivity index (χ4n) is 1.55. The lowest BCUT2D eigenvalue weighted by molar-refractivity contribution is 0.581. The first-order valence-corrected chi connectivity index (χ1v) is 7.57. The number of aromatic nitrogens is 1. The number of rotatable bonds is 4. The highest BCUT2D eigenvalue weighted by Gasteiger charge is 2.15. The van der Waals surface area contributed by atoms with Gasteiger partial charge < -0.3 is 5.32 Å². The molecule has 0 aliphatic heterocycles. The lowest BCUT2D eigenvalue weighted by atomic mass is 10.1. The Morgan fingerprint density at radius 1 is 1.50 bits per heavy atom. The van der Waals surface area contributed by atoms with Crippen LogP contribution in [0, 0.1) is 6.92 Å². The zero-order valence-electron chi connectivity index (χ0n) is 9.16. The number of nitrogens with zero attached hydrogens (tertiary/aromatic N) is 1. The maximum Gasteiger partial charge on any atom is 0.0898 e. The second-order valence-electron chi connectivity index (χ2n) is 3.53. The van der Waals surface area contributed by atoms with Crippen LogP contribution in [0.3, 0.4) is 0 Å². The van der Waals surface area contributed by atoms with Gasteiger partial charge in [0.15, 0.2) is 0 Å². The summed E-state index contributed by atoms with van der Waals surface area (Å²) in [5.74, 6) is 0. The molecule has 5 heteroatoms. The fraction of sp³-hybridized carbons (Fsp3) is 0.364. The lowest BCUT2D eigenvalue weighted by Gasteiger charge is -2.12. The van der Waals surface area contributed by atoms with Gasteiger partial charge in [-0.25, -0.2) is 4.98 Å². The number of thiophene rings is 1. The molecule has 16 heavy (non-hydrogen) atoms. The number of nitrogens with one attached hydrogen (secondary N) is 1. The quantitative estimate of drug-likeness (QED) is 0.928. The first-order chi connectivity index (χ1) is 7.70. The van der Waals surface area contributed by atoms with Crippen LogP contribution in [0.2, 0.25) is 0 Å². The molecule has 2 heterocycles. The molecule has 2 aromatic heterocycles. The van der Waals surface area contributed by atoms with Crippen LogP contribution in [-0.2, 0) is 6.42 Å². The van der Waals surface area contributed by atoms with Gasteiger partial charge in [0.25, 0.3) is 0 Å². The SMILES string of the molecule is CNC(Cc1sccc1Br)c1csc(C)n1. The zero-order chi connectivity index (χ0) is 11.5. The van der Waals surface area contributed by atoms with E-state index in [1.165, 1.54) is 9.35 Å². The Kier molecular flexibility index (Phi) is 4.13. The molecule has 0 aliphatic carbocycles. The molecule has 0 spiro atoms. The van der Waals surface area contributed by atoms with Gasteiger partial charge >= 0.3 is 0 Å². The second kappa shape index (κ2) is 5.40. The van der Waals surface area contributed by atoms with Crippen LogP contribution in [0.5, 0.6) is 0 Å². The number of halogens is 1. The van der Waals surface area contributed by atoms with Crippen molar-refractivity contribution in [2.75, 3.05) is 7.05 Å². The van der Waals surface area contributed by atoms with E-state index in [9.17, 15) is 0 Å². The molecular formula is C11H13BrN2S2. The van der Waals surface area contributed by atoms with Crippen LogP contribution < -0.4 is 5.32 Å². The molecule has 2 rings (SSSR count). The van der Waals surface area contributed by atoms with E-state index in [1.54, 1.807) is 22.7 Å². The topological polar surface area (TPSA) is 24.9 Å². The van der Waals surface area contributed by atoms with Crippen molar-refractivity contribution in [1.29, 1.82) is 0 Å². The van der Waals surface area contributed by atoms with Crippen molar-refractivity contribution in [2.45, 2.75) is 19.4 Å². The van der Waals surface area contributed by atoms with Gasteiger partial charge in [0.2, 0.25) is 0 Å². The summed E-state index contributed by atoms with van der Waals surface area (Å²) in [6, 6.07) is 2.40. The Balaban J connectivity index is 2.15. The van der Waals surface area contributed by atoms with Gasteiger partial charge in [0.1, 0.15) is 0 Å². The number of likely N-dealkylation sites (N-methyl/N-ethyl adjacent to an activating group) is 1. The van der Waals surface area contributed by atoms with E-state index in [2.05, 4.69) is 43.1 Å². The summed E-state index contributed by atoms with van der Waals surface area (Å²) in [6.07, 6.45) is 0.984. The Morgan fingerprint density at radius 2 is 2.31 bits per heavy atom. The first-order valence-electron chi connectivity index (χ1n) is 5.02. The average molecular weight is 317 g/mol. The average Bonchev–Trinajstić information content (AvgIpc) is 2.85. The van der Waals surface area contributed by atoms with E-state index in [4.69, 9.17) is 0 Å². The molecule has 2 nitrogen and oxygen atoms in total. The highest BCUT2D eigenvalue weighted by molar-refractivity contribution is 9.10. The highest BCUT2D eigenvalue weighted by atomic mass is 79.9. The van der Waals surface area contributed by atoms with E-state index in [0.717, 1.165) is 17.1 Å². The third kappa shape index (κ3) is 2.71. The molecule has 0 aromatic carbocycles. The van der Waals surface area contributed by atoms with E-state index in [0.29, 0.717) is 6.04 Å². The van der Waals surface area contributed by atoms with Crippen molar-refractivity contribution < 1.29 is 0 Å². The Morgan fingerprint density at radius 3 is 2.81 bits per heavy atom. The first kappa shape index (κ1) is 12.2.